The Bertz CT molecular complexity index is 668. The monoisotopic (exact) mass is 364 g/mol. The molecule has 1 aromatic carbocycles. The van der Waals surface area contributed by atoms with E-state index in [1.807, 2.05) is 12.1 Å². The summed E-state index contributed by atoms with van der Waals surface area (Å²) in [5, 5.41) is 9.73. The van der Waals surface area contributed by atoms with Crippen LogP contribution < -0.4 is 0 Å². The number of nitrogens with zero attached hydrogens (tertiary/aromatic N) is 2. The second kappa shape index (κ2) is 7.44. The number of carboxylic acids is 1. The molecule has 1 saturated carbocycles. The molecule has 3 rings (SSSR count). The van der Waals surface area contributed by atoms with E-state index < -0.39 is 17.8 Å². The summed E-state index contributed by atoms with van der Waals surface area (Å²) in [5.74, 6) is -1.88. The molecular weight excluding hydrogens is 344 g/mol. The lowest BCUT2D eigenvalue weighted by atomic mass is 9.73. The van der Waals surface area contributed by atoms with Gasteiger partial charge in [0, 0.05) is 31.2 Å². The molecule has 0 aromatic heterocycles. The van der Waals surface area contributed by atoms with Crippen LogP contribution in [0.5, 0.6) is 0 Å². The Morgan fingerprint density at radius 1 is 0.960 bits per heavy atom. The number of halogens is 1. The van der Waals surface area contributed by atoms with Gasteiger partial charge in [-0.15, -0.1) is 0 Å². The van der Waals surface area contributed by atoms with Crippen LogP contribution in [0.25, 0.3) is 0 Å². The molecule has 0 spiro atoms. The van der Waals surface area contributed by atoms with Crippen molar-refractivity contribution in [3.05, 3.63) is 34.9 Å². The third kappa shape index (κ3) is 3.95. The predicted octanol–water partition coefficient (Wildman–Crippen LogP) is 1.66. The van der Waals surface area contributed by atoms with E-state index in [2.05, 4.69) is 0 Å². The predicted molar refractivity (Wildman–Crippen MR) is 92.2 cm³/mol. The maximum Gasteiger partial charge on any atom is 0.307 e. The number of carboxylic acid groups (broad SMARTS) is 1. The Hall–Kier alpha value is -2.08. The highest BCUT2D eigenvalue weighted by Crippen LogP contribution is 2.36. The summed E-state index contributed by atoms with van der Waals surface area (Å²) in [6.45, 7) is 1.91. The molecule has 1 aliphatic carbocycles. The molecule has 134 valence electrons. The molecule has 1 aliphatic heterocycles. The average Bonchev–Trinajstić information content (AvgIpc) is 2.55. The first-order valence-electron chi connectivity index (χ1n) is 8.49. The first-order valence-corrected chi connectivity index (χ1v) is 8.87. The van der Waals surface area contributed by atoms with Crippen LogP contribution in [0.4, 0.5) is 0 Å². The van der Waals surface area contributed by atoms with E-state index in [-0.39, 0.29) is 11.8 Å². The van der Waals surface area contributed by atoms with Crippen LogP contribution >= 0.6 is 11.6 Å². The van der Waals surface area contributed by atoms with E-state index in [0.29, 0.717) is 50.5 Å². The van der Waals surface area contributed by atoms with Crippen molar-refractivity contribution >= 4 is 29.4 Å². The molecule has 2 unspecified atom stereocenters. The molecule has 2 aliphatic rings. The Kier molecular flexibility index (Phi) is 5.27. The van der Waals surface area contributed by atoms with Crippen molar-refractivity contribution in [1.29, 1.82) is 0 Å². The Morgan fingerprint density at radius 3 is 2.04 bits per heavy atom. The SMILES string of the molecule is O=C(O)C1CCC1C(=O)N1CCN(C(=O)Cc2ccc(Cl)cc2)CC1. The summed E-state index contributed by atoms with van der Waals surface area (Å²) >= 11 is 5.85. The second-order valence-corrected chi connectivity index (χ2v) is 7.07. The summed E-state index contributed by atoms with van der Waals surface area (Å²) in [5.41, 5.74) is 0.909. The maximum absolute atomic E-state index is 12.4. The van der Waals surface area contributed by atoms with Crippen molar-refractivity contribution in [1.82, 2.24) is 9.80 Å². The average molecular weight is 365 g/mol. The number of carbonyl (C=O) groups excluding carboxylic acids is 2. The number of piperazine rings is 1. The summed E-state index contributed by atoms with van der Waals surface area (Å²) in [7, 11) is 0. The molecule has 0 bridgehead atoms. The lowest BCUT2D eigenvalue weighted by Gasteiger charge is -2.40. The highest BCUT2D eigenvalue weighted by Gasteiger charge is 2.43. The summed E-state index contributed by atoms with van der Waals surface area (Å²) < 4.78 is 0. The molecule has 2 atom stereocenters. The maximum atomic E-state index is 12.4. The number of hydrogen-bond acceptors (Lipinski definition) is 3. The van der Waals surface area contributed by atoms with Crippen LogP contribution in [0.15, 0.2) is 24.3 Å². The summed E-state index contributed by atoms with van der Waals surface area (Å²) in [6, 6.07) is 7.20. The first-order chi connectivity index (χ1) is 12.0. The van der Waals surface area contributed by atoms with Crippen molar-refractivity contribution in [3.8, 4) is 0 Å². The Morgan fingerprint density at radius 2 is 1.52 bits per heavy atom. The molecule has 0 radical (unpaired) electrons. The zero-order chi connectivity index (χ0) is 18.0. The fourth-order valence-corrected chi connectivity index (χ4v) is 3.52. The highest BCUT2D eigenvalue weighted by molar-refractivity contribution is 6.30. The van der Waals surface area contributed by atoms with Crippen molar-refractivity contribution in [3.63, 3.8) is 0 Å². The van der Waals surface area contributed by atoms with E-state index in [4.69, 9.17) is 16.7 Å². The molecule has 7 heteroatoms. The van der Waals surface area contributed by atoms with Crippen LogP contribution in [0, 0.1) is 11.8 Å². The summed E-state index contributed by atoms with van der Waals surface area (Å²) in [4.78, 5) is 39.4. The molecule has 6 nitrogen and oxygen atoms in total. The first kappa shape index (κ1) is 17.7. The molecule has 2 amide bonds. The van der Waals surface area contributed by atoms with E-state index in [0.717, 1.165) is 5.56 Å². The fraction of sp³-hybridized carbons (Fsp3) is 0.500. The number of benzene rings is 1. The van der Waals surface area contributed by atoms with Crippen LogP contribution in [-0.4, -0.2) is 58.9 Å². The lowest BCUT2D eigenvalue weighted by Crippen LogP contribution is -2.54. The van der Waals surface area contributed by atoms with Gasteiger partial charge in [-0.1, -0.05) is 23.7 Å². The molecule has 1 aromatic rings. The number of rotatable bonds is 4. The van der Waals surface area contributed by atoms with Gasteiger partial charge in [0.05, 0.1) is 18.3 Å². The lowest BCUT2D eigenvalue weighted by molar-refractivity contribution is -0.157. The van der Waals surface area contributed by atoms with Gasteiger partial charge in [0.15, 0.2) is 0 Å². The number of aliphatic carboxylic acids is 1. The topological polar surface area (TPSA) is 77.9 Å². The van der Waals surface area contributed by atoms with Gasteiger partial charge in [0.1, 0.15) is 0 Å². The Balaban J connectivity index is 1.49. The van der Waals surface area contributed by atoms with Gasteiger partial charge in [0.2, 0.25) is 11.8 Å². The largest absolute Gasteiger partial charge is 0.481 e. The molecule has 1 N–H and O–H groups in total. The third-order valence-electron chi connectivity index (χ3n) is 5.12. The van der Waals surface area contributed by atoms with E-state index in [9.17, 15) is 14.4 Å². The van der Waals surface area contributed by atoms with Gasteiger partial charge in [-0.3, -0.25) is 14.4 Å². The van der Waals surface area contributed by atoms with E-state index >= 15 is 0 Å². The zero-order valence-electron chi connectivity index (χ0n) is 13.9. The minimum absolute atomic E-state index is 0.0291. The molecular formula is C18H21ClN2O4. The van der Waals surface area contributed by atoms with E-state index in [1.54, 1.807) is 21.9 Å². The normalized spacial score (nSPS) is 23.1. The van der Waals surface area contributed by atoms with Crippen molar-refractivity contribution in [2.24, 2.45) is 11.8 Å². The molecule has 1 saturated heterocycles. The van der Waals surface area contributed by atoms with Gasteiger partial charge >= 0.3 is 5.97 Å². The highest BCUT2D eigenvalue weighted by atomic mass is 35.5. The van der Waals surface area contributed by atoms with Gasteiger partial charge in [-0.05, 0) is 30.5 Å². The van der Waals surface area contributed by atoms with Crippen LogP contribution in [0.2, 0.25) is 5.02 Å². The van der Waals surface area contributed by atoms with Gasteiger partial charge in [-0.25, -0.2) is 0 Å². The quantitative estimate of drug-likeness (QED) is 0.881. The molecule has 25 heavy (non-hydrogen) atoms. The van der Waals surface area contributed by atoms with Crippen LogP contribution in [0.3, 0.4) is 0 Å². The van der Waals surface area contributed by atoms with Crippen molar-refractivity contribution in [2.45, 2.75) is 19.3 Å². The minimum atomic E-state index is -0.888. The van der Waals surface area contributed by atoms with Crippen LogP contribution in [-0.2, 0) is 20.8 Å². The fourth-order valence-electron chi connectivity index (χ4n) is 3.39. The van der Waals surface area contributed by atoms with Gasteiger partial charge in [-0.2, -0.15) is 0 Å². The summed E-state index contributed by atoms with van der Waals surface area (Å²) in [6.07, 6.45) is 1.53. The third-order valence-corrected chi connectivity index (χ3v) is 5.37. The Labute approximate surface area is 151 Å². The standard InChI is InChI=1S/C18H21ClN2O4/c19-13-3-1-12(2-4-13)11-16(22)20-7-9-21(10-8-20)17(23)14-5-6-15(14)18(24)25/h1-4,14-15H,5-11H2,(H,24,25). The van der Waals surface area contributed by atoms with Gasteiger partial charge in [0.25, 0.3) is 0 Å². The molecule has 2 fully saturated rings. The minimum Gasteiger partial charge on any atom is -0.481 e. The number of amides is 2. The molecule has 1 heterocycles. The zero-order valence-corrected chi connectivity index (χ0v) is 14.6. The smallest absolute Gasteiger partial charge is 0.307 e. The van der Waals surface area contributed by atoms with E-state index in [1.165, 1.54) is 0 Å². The number of carbonyl (C=O) groups is 3. The number of hydrogen-bond donors (Lipinski definition) is 1. The van der Waals surface area contributed by atoms with Crippen molar-refractivity contribution in [2.75, 3.05) is 26.2 Å². The van der Waals surface area contributed by atoms with Crippen LogP contribution in [0.1, 0.15) is 18.4 Å². The second-order valence-electron chi connectivity index (χ2n) is 6.64. The van der Waals surface area contributed by atoms with Crippen molar-refractivity contribution < 1.29 is 19.5 Å². The van der Waals surface area contributed by atoms with Gasteiger partial charge < -0.3 is 14.9 Å².